The first kappa shape index (κ1) is 13.2. The fourth-order valence-corrected chi connectivity index (χ4v) is 3.55. The van der Waals surface area contributed by atoms with Gasteiger partial charge in [-0.15, -0.1) is 23.1 Å². The number of aryl methyl sites for hydroxylation is 1. The molecule has 2 unspecified atom stereocenters. The van der Waals surface area contributed by atoms with Crippen molar-refractivity contribution in [2.45, 2.75) is 25.3 Å². The van der Waals surface area contributed by atoms with Crippen LogP contribution in [-0.4, -0.2) is 44.2 Å². The number of thioether (sulfide) groups is 1. The summed E-state index contributed by atoms with van der Waals surface area (Å²) in [4.78, 5) is 28.6. The van der Waals surface area contributed by atoms with E-state index in [9.17, 15) is 9.59 Å². The van der Waals surface area contributed by atoms with E-state index < -0.39 is 18.0 Å². The van der Waals surface area contributed by atoms with Crippen LogP contribution >= 0.6 is 23.1 Å². The molecule has 1 fully saturated rings. The summed E-state index contributed by atoms with van der Waals surface area (Å²) in [5.41, 5.74) is 0.828. The number of carbonyl (C=O) groups is 2. The largest absolute Gasteiger partial charge is 0.480 e. The topological polar surface area (TPSA) is 82.5 Å². The van der Waals surface area contributed by atoms with Crippen LogP contribution in [0.2, 0.25) is 0 Å². The summed E-state index contributed by atoms with van der Waals surface area (Å²) >= 11 is 2.78. The van der Waals surface area contributed by atoms with Gasteiger partial charge in [-0.1, -0.05) is 0 Å². The Morgan fingerprint density at radius 1 is 1.61 bits per heavy atom. The molecule has 2 heterocycles. The van der Waals surface area contributed by atoms with Gasteiger partial charge in [0.1, 0.15) is 6.04 Å². The minimum atomic E-state index is -0.975. The second-order valence-corrected chi connectivity index (χ2v) is 6.13. The minimum Gasteiger partial charge on any atom is -0.480 e. The van der Waals surface area contributed by atoms with E-state index in [1.54, 1.807) is 0 Å². The van der Waals surface area contributed by atoms with Crippen LogP contribution in [0.1, 0.15) is 12.6 Å². The van der Waals surface area contributed by atoms with E-state index in [0.29, 0.717) is 10.9 Å². The second-order valence-electron chi connectivity index (χ2n) is 3.92. The fourth-order valence-electron chi connectivity index (χ4n) is 1.71. The molecule has 0 bridgehead atoms. The molecule has 1 aromatic heterocycles. The average Bonchev–Trinajstić information content (AvgIpc) is 2.85. The molecule has 1 aliphatic heterocycles. The molecule has 1 aromatic rings. The number of nitrogens with zero attached hydrogens (tertiary/aromatic N) is 2. The molecule has 2 rings (SSSR count). The molecular weight excluding hydrogens is 274 g/mol. The molecule has 2 atom stereocenters. The molecule has 0 aliphatic carbocycles. The van der Waals surface area contributed by atoms with Gasteiger partial charge in [-0.25, -0.2) is 14.6 Å². The van der Waals surface area contributed by atoms with Crippen LogP contribution < -0.4 is 5.32 Å². The first-order valence-corrected chi connectivity index (χ1v) is 7.27. The van der Waals surface area contributed by atoms with Crippen molar-refractivity contribution >= 4 is 40.2 Å². The standard InChI is InChI=1S/C10H13N3O3S2/c1-5-3-18-9(11-5)12-10(16)13-6(2)17-4-7(13)8(14)15/h3,6-7H,4H2,1-2H3,(H,14,15)(H,11,12,16). The van der Waals surface area contributed by atoms with Gasteiger partial charge in [0.25, 0.3) is 0 Å². The molecule has 1 saturated heterocycles. The lowest BCUT2D eigenvalue weighted by Crippen LogP contribution is -2.46. The lowest BCUT2D eigenvalue weighted by atomic mass is 10.3. The van der Waals surface area contributed by atoms with Crippen molar-refractivity contribution < 1.29 is 14.7 Å². The second kappa shape index (κ2) is 5.15. The highest BCUT2D eigenvalue weighted by molar-refractivity contribution is 8.00. The van der Waals surface area contributed by atoms with E-state index in [-0.39, 0.29) is 5.37 Å². The van der Waals surface area contributed by atoms with Crippen molar-refractivity contribution in [3.05, 3.63) is 11.1 Å². The quantitative estimate of drug-likeness (QED) is 0.867. The zero-order valence-electron chi connectivity index (χ0n) is 9.91. The maximum Gasteiger partial charge on any atom is 0.327 e. The van der Waals surface area contributed by atoms with Crippen molar-refractivity contribution in [1.29, 1.82) is 0 Å². The van der Waals surface area contributed by atoms with Crippen molar-refractivity contribution in [2.75, 3.05) is 11.1 Å². The Kier molecular flexibility index (Phi) is 3.76. The maximum absolute atomic E-state index is 12.1. The summed E-state index contributed by atoms with van der Waals surface area (Å²) in [7, 11) is 0. The third-order valence-corrected chi connectivity index (χ3v) is 4.67. The van der Waals surface area contributed by atoms with Crippen LogP contribution in [0.4, 0.5) is 9.93 Å². The lowest BCUT2D eigenvalue weighted by Gasteiger charge is -2.24. The molecule has 98 valence electrons. The minimum absolute atomic E-state index is 0.146. The van der Waals surface area contributed by atoms with Gasteiger partial charge in [-0.3, -0.25) is 10.2 Å². The van der Waals surface area contributed by atoms with Gasteiger partial charge in [0.2, 0.25) is 0 Å². The molecule has 0 saturated carbocycles. The van der Waals surface area contributed by atoms with E-state index in [2.05, 4.69) is 10.3 Å². The van der Waals surface area contributed by atoms with Crippen LogP contribution in [0.5, 0.6) is 0 Å². The Morgan fingerprint density at radius 3 is 2.89 bits per heavy atom. The van der Waals surface area contributed by atoms with Crippen LogP contribution in [-0.2, 0) is 4.79 Å². The van der Waals surface area contributed by atoms with Gasteiger partial charge in [0, 0.05) is 11.1 Å². The molecule has 6 nitrogen and oxygen atoms in total. The summed E-state index contributed by atoms with van der Waals surface area (Å²) in [6.07, 6.45) is 0. The number of hydrogen-bond donors (Lipinski definition) is 2. The van der Waals surface area contributed by atoms with Crippen molar-refractivity contribution in [3.63, 3.8) is 0 Å². The average molecular weight is 287 g/mol. The number of thiazole rings is 1. The van der Waals surface area contributed by atoms with Crippen LogP contribution in [0.15, 0.2) is 5.38 Å². The normalized spacial score (nSPS) is 23.1. The third kappa shape index (κ3) is 2.59. The smallest absolute Gasteiger partial charge is 0.327 e. The maximum atomic E-state index is 12.1. The number of carboxylic acids is 1. The highest BCUT2D eigenvalue weighted by Crippen LogP contribution is 2.29. The number of aliphatic carboxylic acids is 1. The van der Waals surface area contributed by atoms with E-state index in [1.165, 1.54) is 28.0 Å². The molecular formula is C10H13N3O3S2. The summed E-state index contributed by atoms with van der Waals surface area (Å²) in [6, 6.07) is -1.18. The van der Waals surface area contributed by atoms with Gasteiger partial charge < -0.3 is 5.11 Å². The van der Waals surface area contributed by atoms with Crippen LogP contribution in [0.3, 0.4) is 0 Å². The molecule has 0 radical (unpaired) electrons. The van der Waals surface area contributed by atoms with Crippen molar-refractivity contribution in [1.82, 2.24) is 9.88 Å². The summed E-state index contributed by atoms with van der Waals surface area (Å²) in [5, 5.41) is 13.9. The summed E-state index contributed by atoms with van der Waals surface area (Å²) in [5.74, 6) is -0.557. The highest BCUT2D eigenvalue weighted by atomic mass is 32.2. The number of carbonyl (C=O) groups excluding carboxylic acids is 1. The Balaban J connectivity index is 2.09. The lowest BCUT2D eigenvalue weighted by molar-refractivity contribution is -0.141. The molecule has 2 N–H and O–H groups in total. The van der Waals surface area contributed by atoms with E-state index >= 15 is 0 Å². The van der Waals surface area contributed by atoms with E-state index in [4.69, 9.17) is 5.11 Å². The van der Waals surface area contributed by atoms with Crippen LogP contribution in [0.25, 0.3) is 0 Å². The van der Waals surface area contributed by atoms with E-state index in [1.807, 2.05) is 19.2 Å². The Hall–Kier alpha value is -1.28. The number of anilines is 1. The summed E-state index contributed by atoms with van der Waals surface area (Å²) < 4.78 is 0. The van der Waals surface area contributed by atoms with Gasteiger partial charge in [0.05, 0.1) is 11.1 Å². The van der Waals surface area contributed by atoms with Gasteiger partial charge in [-0.05, 0) is 13.8 Å². The number of carboxylic acid groups (broad SMARTS) is 1. The first-order valence-electron chi connectivity index (χ1n) is 5.35. The number of urea groups is 1. The molecule has 0 spiro atoms. The first-order chi connectivity index (χ1) is 8.49. The number of hydrogen-bond acceptors (Lipinski definition) is 5. The third-order valence-electron chi connectivity index (χ3n) is 2.58. The predicted molar refractivity (Wildman–Crippen MR) is 71.1 cm³/mol. The van der Waals surface area contributed by atoms with Gasteiger partial charge >= 0.3 is 12.0 Å². The monoisotopic (exact) mass is 287 g/mol. The Labute approximate surface area is 112 Å². The van der Waals surface area contributed by atoms with Crippen LogP contribution in [0, 0.1) is 6.92 Å². The van der Waals surface area contributed by atoms with E-state index in [0.717, 1.165) is 5.69 Å². The summed E-state index contributed by atoms with van der Waals surface area (Å²) in [6.45, 7) is 3.65. The zero-order valence-corrected chi connectivity index (χ0v) is 11.5. The molecule has 2 amide bonds. The molecule has 0 aromatic carbocycles. The number of amides is 2. The van der Waals surface area contributed by atoms with Gasteiger partial charge in [0.15, 0.2) is 5.13 Å². The number of nitrogens with one attached hydrogen (secondary N) is 1. The zero-order chi connectivity index (χ0) is 13.3. The number of rotatable bonds is 2. The predicted octanol–water partition coefficient (Wildman–Crippen LogP) is 1.83. The highest BCUT2D eigenvalue weighted by Gasteiger charge is 2.39. The fraction of sp³-hybridized carbons (Fsp3) is 0.500. The molecule has 1 aliphatic rings. The van der Waals surface area contributed by atoms with Crippen molar-refractivity contribution in [3.8, 4) is 0 Å². The Morgan fingerprint density at radius 2 is 2.33 bits per heavy atom. The molecule has 8 heteroatoms. The van der Waals surface area contributed by atoms with Gasteiger partial charge in [-0.2, -0.15) is 0 Å². The number of aromatic nitrogens is 1. The molecule has 18 heavy (non-hydrogen) atoms. The van der Waals surface area contributed by atoms with Crippen molar-refractivity contribution in [2.24, 2.45) is 0 Å². The Bertz CT molecular complexity index is 477. The SMILES string of the molecule is Cc1csc(NC(=O)N2C(C)SCC2C(=O)O)n1.